The van der Waals surface area contributed by atoms with Crippen molar-refractivity contribution in [1.29, 1.82) is 0 Å². The molecule has 0 saturated carbocycles. The van der Waals surface area contributed by atoms with Gasteiger partial charge >= 0.3 is 6.18 Å². The third-order valence-electron chi connectivity index (χ3n) is 3.44. The number of hydrogen-bond acceptors (Lipinski definition) is 4. The first-order valence-corrected chi connectivity index (χ1v) is 8.70. The van der Waals surface area contributed by atoms with Crippen LogP contribution in [0.25, 0.3) is 11.7 Å². The highest BCUT2D eigenvalue weighted by molar-refractivity contribution is 7.10. The molecule has 5 nitrogen and oxygen atoms in total. The Morgan fingerprint density at radius 2 is 2.19 bits per heavy atom. The Kier molecular flexibility index (Phi) is 5.28. The fourth-order valence-electron chi connectivity index (χ4n) is 2.29. The number of rotatable bonds is 5. The van der Waals surface area contributed by atoms with Gasteiger partial charge in [-0.1, -0.05) is 17.7 Å². The number of fused-ring (bicyclic) bond motifs is 1. The average Bonchev–Trinajstić information content (AvgIpc) is 3.21. The van der Waals surface area contributed by atoms with E-state index in [1.54, 1.807) is 6.08 Å². The van der Waals surface area contributed by atoms with Crippen molar-refractivity contribution in [3.05, 3.63) is 57.1 Å². The van der Waals surface area contributed by atoms with E-state index in [-0.39, 0.29) is 35.4 Å². The molecule has 0 aromatic carbocycles. The molecule has 0 fully saturated rings. The number of alkyl halides is 3. The molecule has 26 heavy (non-hydrogen) atoms. The third-order valence-corrected chi connectivity index (χ3v) is 4.48. The Bertz CT molecular complexity index is 950. The topological polar surface area (TPSA) is 59.3 Å². The van der Waals surface area contributed by atoms with Gasteiger partial charge in [0, 0.05) is 30.1 Å². The van der Waals surface area contributed by atoms with E-state index in [2.05, 4.69) is 15.5 Å². The molecule has 0 bridgehead atoms. The van der Waals surface area contributed by atoms with Crippen LogP contribution in [0.15, 0.2) is 35.9 Å². The van der Waals surface area contributed by atoms with Gasteiger partial charge in [-0.2, -0.15) is 13.2 Å². The summed E-state index contributed by atoms with van der Waals surface area (Å²) in [6.45, 7) is 0.197. The van der Waals surface area contributed by atoms with Crippen LogP contribution < -0.4 is 5.32 Å². The van der Waals surface area contributed by atoms with Crippen LogP contribution in [0.1, 0.15) is 16.3 Å². The van der Waals surface area contributed by atoms with Gasteiger partial charge in [-0.05, 0) is 23.6 Å². The second kappa shape index (κ2) is 7.46. The van der Waals surface area contributed by atoms with E-state index in [1.807, 2.05) is 17.5 Å². The average molecular weight is 401 g/mol. The number of nitrogens with one attached hydrogen (secondary N) is 1. The number of pyridine rings is 1. The highest BCUT2D eigenvalue weighted by Crippen LogP contribution is 2.33. The van der Waals surface area contributed by atoms with Crippen LogP contribution >= 0.6 is 22.9 Å². The van der Waals surface area contributed by atoms with Crippen molar-refractivity contribution in [2.24, 2.45) is 0 Å². The number of thiophene rings is 1. The summed E-state index contributed by atoms with van der Waals surface area (Å²) in [6, 6.07) is 4.56. The van der Waals surface area contributed by atoms with Gasteiger partial charge in [0.25, 0.3) is 0 Å². The third kappa shape index (κ3) is 4.23. The number of halogens is 4. The van der Waals surface area contributed by atoms with Crippen LogP contribution in [-0.2, 0) is 17.4 Å². The summed E-state index contributed by atoms with van der Waals surface area (Å²) in [4.78, 5) is 12.7. The first-order valence-electron chi connectivity index (χ1n) is 7.44. The summed E-state index contributed by atoms with van der Waals surface area (Å²) < 4.78 is 40.4. The molecule has 10 heteroatoms. The van der Waals surface area contributed by atoms with Gasteiger partial charge in [-0.25, -0.2) is 0 Å². The maximum atomic E-state index is 13.1. The van der Waals surface area contributed by atoms with E-state index in [0.29, 0.717) is 0 Å². The molecule has 0 aliphatic heterocycles. The van der Waals surface area contributed by atoms with E-state index in [1.165, 1.54) is 28.0 Å². The summed E-state index contributed by atoms with van der Waals surface area (Å²) in [5, 5.41) is 11.9. The van der Waals surface area contributed by atoms with Gasteiger partial charge in [0.15, 0.2) is 5.65 Å². The molecular weight excluding hydrogens is 389 g/mol. The molecule has 1 amide bonds. The number of amides is 1. The van der Waals surface area contributed by atoms with Crippen LogP contribution in [0, 0.1) is 0 Å². The molecule has 0 spiro atoms. The van der Waals surface area contributed by atoms with Crippen molar-refractivity contribution in [1.82, 2.24) is 19.9 Å². The number of nitrogens with zero attached hydrogens (tertiary/aromatic N) is 3. The van der Waals surface area contributed by atoms with Crippen molar-refractivity contribution in [3.63, 3.8) is 0 Å². The monoisotopic (exact) mass is 400 g/mol. The van der Waals surface area contributed by atoms with E-state index in [0.717, 1.165) is 10.9 Å². The fourth-order valence-corrected chi connectivity index (χ4v) is 3.11. The minimum atomic E-state index is -4.59. The molecule has 0 unspecified atom stereocenters. The molecular formula is C16H12ClF3N4OS. The van der Waals surface area contributed by atoms with E-state index in [9.17, 15) is 18.0 Å². The second-order valence-corrected chi connectivity index (χ2v) is 6.69. The summed E-state index contributed by atoms with van der Waals surface area (Å²) in [6.07, 6.45) is 0.0167. The Hall–Kier alpha value is -2.39. The lowest BCUT2D eigenvalue weighted by Gasteiger charge is -2.09. The molecule has 0 radical (unpaired) electrons. The van der Waals surface area contributed by atoms with Crippen molar-refractivity contribution in [2.75, 3.05) is 6.54 Å². The smallest absolute Gasteiger partial charge is 0.352 e. The maximum absolute atomic E-state index is 13.1. The Morgan fingerprint density at radius 1 is 1.38 bits per heavy atom. The quantitative estimate of drug-likeness (QED) is 0.662. The fraction of sp³-hybridized carbons (Fsp3) is 0.188. The van der Waals surface area contributed by atoms with Crippen LogP contribution in [-0.4, -0.2) is 27.0 Å². The van der Waals surface area contributed by atoms with Gasteiger partial charge in [-0.3, -0.25) is 9.20 Å². The Balaban J connectivity index is 1.68. The standard InChI is InChI=1S/C16H12ClF3N4OS/c17-10-8-12(16(18,19)20)15-23-22-13(24(15)9-10)5-6-21-14(25)4-3-11-2-1-7-26-11/h1-4,7-9H,5-6H2,(H,21,25)/b4-3+. The van der Waals surface area contributed by atoms with E-state index >= 15 is 0 Å². The second-order valence-electron chi connectivity index (χ2n) is 5.27. The number of hydrogen-bond donors (Lipinski definition) is 1. The van der Waals surface area contributed by atoms with E-state index in [4.69, 9.17) is 11.6 Å². The zero-order valence-electron chi connectivity index (χ0n) is 13.1. The van der Waals surface area contributed by atoms with Crippen molar-refractivity contribution >= 4 is 40.6 Å². The van der Waals surface area contributed by atoms with Crippen LogP contribution in [0.2, 0.25) is 5.02 Å². The van der Waals surface area contributed by atoms with Gasteiger partial charge in [0.05, 0.1) is 5.02 Å². The minimum absolute atomic E-state index is 0.0752. The molecule has 136 valence electrons. The Labute approximate surface area is 155 Å². The summed E-state index contributed by atoms with van der Waals surface area (Å²) in [7, 11) is 0. The molecule has 3 heterocycles. The Morgan fingerprint density at radius 3 is 2.88 bits per heavy atom. The lowest BCUT2D eigenvalue weighted by Crippen LogP contribution is -2.24. The molecule has 0 aliphatic rings. The van der Waals surface area contributed by atoms with Crippen LogP contribution in [0.5, 0.6) is 0 Å². The van der Waals surface area contributed by atoms with Crippen LogP contribution in [0.3, 0.4) is 0 Å². The molecule has 3 aromatic heterocycles. The predicted octanol–water partition coefficient (Wildman–Crippen LogP) is 3.84. The molecule has 0 aliphatic carbocycles. The molecule has 0 saturated heterocycles. The summed E-state index contributed by atoms with van der Waals surface area (Å²) in [5.74, 6) is -0.0308. The number of carbonyl (C=O) groups is 1. The summed E-state index contributed by atoms with van der Waals surface area (Å²) in [5.41, 5.74) is -1.27. The lowest BCUT2D eigenvalue weighted by atomic mass is 10.2. The molecule has 0 atom stereocenters. The van der Waals surface area contributed by atoms with Gasteiger partial charge < -0.3 is 5.32 Å². The van der Waals surface area contributed by atoms with Crippen molar-refractivity contribution in [2.45, 2.75) is 12.6 Å². The first-order chi connectivity index (χ1) is 12.3. The lowest BCUT2D eigenvalue weighted by molar-refractivity contribution is -0.136. The first kappa shape index (κ1) is 18.4. The summed E-state index contributed by atoms with van der Waals surface area (Å²) >= 11 is 7.28. The number of aromatic nitrogens is 3. The van der Waals surface area contributed by atoms with Gasteiger partial charge in [-0.15, -0.1) is 21.5 Å². The normalized spacial score (nSPS) is 12.2. The van der Waals surface area contributed by atoms with Gasteiger partial charge in [0.2, 0.25) is 5.91 Å². The number of carbonyl (C=O) groups excluding carboxylic acids is 1. The molecule has 3 rings (SSSR count). The highest BCUT2D eigenvalue weighted by Gasteiger charge is 2.35. The van der Waals surface area contributed by atoms with Crippen molar-refractivity contribution in [3.8, 4) is 0 Å². The highest BCUT2D eigenvalue weighted by atomic mass is 35.5. The zero-order chi connectivity index (χ0) is 18.7. The molecule has 3 aromatic rings. The van der Waals surface area contributed by atoms with Gasteiger partial charge in [0.1, 0.15) is 11.4 Å². The predicted molar refractivity (Wildman–Crippen MR) is 93.1 cm³/mol. The van der Waals surface area contributed by atoms with Crippen LogP contribution in [0.4, 0.5) is 13.2 Å². The van der Waals surface area contributed by atoms with Crippen molar-refractivity contribution < 1.29 is 18.0 Å². The maximum Gasteiger partial charge on any atom is 0.420 e. The largest absolute Gasteiger partial charge is 0.420 e. The molecule has 1 N–H and O–H groups in total. The SMILES string of the molecule is O=C(/C=C/c1cccs1)NCCc1nnc2c(C(F)(F)F)cc(Cl)cn12. The van der Waals surface area contributed by atoms with E-state index < -0.39 is 11.7 Å². The zero-order valence-corrected chi connectivity index (χ0v) is 14.7. The minimum Gasteiger partial charge on any atom is -0.352 e.